The molecule has 2 rings (SSSR count). The molecule has 118 valence electrons. The van der Waals surface area contributed by atoms with Crippen molar-refractivity contribution < 1.29 is 14.6 Å². The van der Waals surface area contributed by atoms with Crippen LogP contribution >= 0.6 is 0 Å². The van der Waals surface area contributed by atoms with Crippen molar-refractivity contribution >= 4 is 6.09 Å². The highest BCUT2D eigenvalue weighted by atomic mass is 16.5. The molecule has 0 aliphatic rings. The maximum absolute atomic E-state index is 11.5. The molecule has 0 unspecified atom stereocenters. The second kappa shape index (κ2) is 9.23. The van der Waals surface area contributed by atoms with Crippen molar-refractivity contribution in [2.45, 2.75) is 19.6 Å². The highest BCUT2D eigenvalue weighted by Gasteiger charge is 2.00. The van der Waals surface area contributed by atoms with Crippen molar-refractivity contribution in [3.8, 4) is 11.8 Å². The van der Waals surface area contributed by atoms with Crippen molar-refractivity contribution in [1.29, 1.82) is 0 Å². The molecule has 1 aromatic carbocycles. The van der Waals surface area contributed by atoms with Gasteiger partial charge >= 0.3 is 6.09 Å². The van der Waals surface area contributed by atoms with Gasteiger partial charge in [-0.05, 0) is 23.1 Å². The highest BCUT2D eigenvalue weighted by Crippen LogP contribution is 2.00. The van der Waals surface area contributed by atoms with Gasteiger partial charge in [0.05, 0.1) is 6.61 Å². The summed E-state index contributed by atoms with van der Waals surface area (Å²) in [5.74, 6) is 5.82. The van der Waals surface area contributed by atoms with E-state index in [1.165, 1.54) is 0 Å². The molecule has 2 N–H and O–H groups in total. The minimum Gasteiger partial charge on any atom is -0.445 e. The Kier molecular flexibility index (Phi) is 6.64. The minimum absolute atomic E-state index is 0.0320. The lowest BCUT2D eigenvalue weighted by atomic mass is 10.2. The van der Waals surface area contributed by atoms with Gasteiger partial charge in [-0.1, -0.05) is 42.3 Å². The van der Waals surface area contributed by atoms with Crippen LogP contribution in [0.25, 0.3) is 0 Å². The second-order valence-electron chi connectivity index (χ2n) is 4.75. The van der Waals surface area contributed by atoms with E-state index in [0.29, 0.717) is 18.7 Å². The maximum Gasteiger partial charge on any atom is 0.407 e. The van der Waals surface area contributed by atoms with Gasteiger partial charge in [-0.3, -0.25) is 0 Å². The van der Waals surface area contributed by atoms with Crippen LogP contribution < -0.4 is 5.32 Å². The molecule has 0 bridgehead atoms. The van der Waals surface area contributed by atoms with E-state index in [1.54, 1.807) is 18.3 Å². The second-order valence-corrected chi connectivity index (χ2v) is 4.75. The quantitative estimate of drug-likeness (QED) is 0.656. The molecule has 0 fully saturated rings. The van der Waals surface area contributed by atoms with Crippen LogP contribution in [0.3, 0.4) is 0 Å². The lowest BCUT2D eigenvalue weighted by molar-refractivity contribution is 0.140. The fourth-order valence-electron chi connectivity index (χ4n) is 1.75. The Labute approximate surface area is 135 Å². The molecule has 5 nitrogen and oxygen atoms in total. The van der Waals surface area contributed by atoms with Crippen molar-refractivity contribution in [1.82, 2.24) is 10.3 Å². The lowest BCUT2D eigenvalue weighted by Gasteiger charge is -2.05. The Morgan fingerprint density at radius 1 is 1.17 bits per heavy atom. The summed E-state index contributed by atoms with van der Waals surface area (Å²) in [4.78, 5) is 15.6. The maximum atomic E-state index is 11.5. The van der Waals surface area contributed by atoms with Gasteiger partial charge in [0.15, 0.2) is 0 Å². The van der Waals surface area contributed by atoms with E-state index < -0.39 is 6.09 Å². The topological polar surface area (TPSA) is 71.5 Å². The van der Waals surface area contributed by atoms with E-state index >= 15 is 0 Å². The molecule has 0 spiro atoms. The van der Waals surface area contributed by atoms with Crippen LogP contribution in [-0.2, 0) is 18.0 Å². The van der Waals surface area contributed by atoms with Gasteiger partial charge in [-0.25, -0.2) is 9.78 Å². The van der Waals surface area contributed by atoms with Gasteiger partial charge < -0.3 is 15.2 Å². The van der Waals surface area contributed by atoms with Crippen molar-refractivity contribution in [3.63, 3.8) is 0 Å². The van der Waals surface area contributed by atoms with E-state index in [4.69, 9.17) is 9.84 Å². The number of benzene rings is 1. The third-order valence-corrected chi connectivity index (χ3v) is 2.96. The number of aliphatic hydroxyl groups is 1. The number of aromatic nitrogens is 1. The number of alkyl carbamates (subject to hydrolysis) is 1. The first-order valence-electron chi connectivity index (χ1n) is 7.27. The van der Waals surface area contributed by atoms with Crippen LogP contribution in [0, 0.1) is 11.8 Å². The number of pyridine rings is 1. The van der Waals surface area contributed by atoms with E-state index in [9.17, 15) is 4.79 Å². The number of hydrogen-bond donors (Lipinski definition) is 2. The Hall–Kier alpha value is -2.84. The molecule has 5 heteroatoms. The number of rotatable bonds is 5. The predicted octanol–water partition coefficient (Wildman–Crippen LogP) is 2.24. The number of aliphatic hydroxyl groups excluding tert-OH is 1. The molecule has 1 aromatic heterocycles. The summed E-state index contributed by atoms with van der Waals surface area (Å²) < 4.78 is 5.08. The summed E-state index contributed by atoms with van der Waals surface area (Å²) in [6.07, 6.45) is 1.63. The molecule has 0 aliphatic carbocycles. The van der Waals surface area contributed by atoms with Crippen molar-refractivity contribution in [2.75, 3.05) is 6.54 Å². The van der Waals surface area contributed by atoms with Crippen molar-refractivity contribution in [3.05, 3.63) is 65.5 Å². The molecule has 0 aliphatic heterocycles. The van der Waals surface area contributed by atoms with Crippen LogP contribution in [0.15, 0.2) is 48.7 Å². The number of nitrogens with zero attached hydrogens (tertiary/aromatic N) is 1. The summed E-state index contributed by atoms with van der Waals surface area (Å²) >= 11 is 0. The first-order chi connectivity index (χ1) is 11.3. The lowest BCUT2D eigenvalue weighted by Crippen LogP contribution is -2.24. The minimum atomic E-state index is -0.457. The van der Waals surface area contributed by atoms with Crippen LogP contribution in [0.4, 0.5) is 4.79 Å². The summed E-state index contributed by atoms with van der Waals surface area (Å²) in [7, 11) is 0. The summed E-state index contributed by atoms with van der Waals surface area (Å²) in [5.41, 5.74) is 2.33. The molecule has 0 atom stereocenters. The summed E-state index contributed by atoms with van der Waals surface area (Å²) in [6.45, 7) is 0.630. The Morgan fingerprint density at radius 2 is 2.00 bits per heavy atom. The van der Waals surface area contributed by atoms with Gasteiger partial charge in [0, 0.05) is 19.2 Å². The molecule has 0 radical (unpaired) electrons. The van der Waals surface area contributed by atoms with E-state index in [0.717, 1.165) is 11.1 Å². The number of amides is 1. The summed E-state index contributed by atoms with van der Waals surface area (Å²) in [5, 5.41) is 11.6. The summed E-state index contributed by atoms with van der Waals surface area (Å²) in [6, 6.07) is 13.0. The SMILES string of the molecule is O=C(NCCC#Cc1ccc(CO)cn1)OCc1ccccc1. The zero-order chi connectivity index (χ0) is 16.3. The molecule has 2 aromatic rings. The van der Waals surface area contributed by atoms with Crippen LogP contribution in [0.2, 0.25) is 0 Å². The van der Waals surface area contributed by atoms with E-state index in [-0.39, 0.29) is 13.2 Å². The van der Waals surface area contributed by atoms with E-state index in [2.05, 4.69) is 22.1 Å². The number of hydrogen-bond acceptors (Lipinski definition) is 4. The number of carbonyl (C=O) groups excluding carboxylic acids is 1. The first-order valence-corrected chi connectivity index (χ1v) is 7.27. The number of nitrogens with one attached hydrogen (secondary N) is 1. The average Bonchev–Trinajstić information content (AvgIpc) is 2.61. The average molecular weight is 310 g/mol. The van der Waals surface area contributed by atoms with Gasteiger partial charge in [0.1, 0.15) is 12.3 Å². The van der Waals surface area contributed by atoms with Gasteiger partial charge in [0.25, 0.3) is 0 Å². The van der Waals surface area contributed by atoms with Crippen molar-refractivity contribution in [2.24, 2.45) is 0 Å². The van der Waals surface area contributed by atoms with Gasteiger partial charge in [-0.2, -0.15) is 0 Å². The van der Waals surface area contributed by atoms with Crippen LogP contribution in [0.5, 0.6) is 0 Å². The van der Waals surface area contributed by atoms with Crippen LogP contribution in [-0.4, -0.2) is 22.7 Å². The number of carbonyl (C=O) groups is 1. The third-order valence-electron chi connectivity index (χ3n) is 2.96. The fraction of sp³-hybridized carbons (Fsp3) is 0.222. The smallest absolute Gasteiger partial charge is 0.407 e. The number of ether oxygens (including phenoxy) is 1. The largest absolute Gasteiger partial charge is 0.445 e. The molecular formula is C18H18N2O3. The molecule has 0 saturated carbocycles. The monoisotopic (exact) mass is 310 g/mol. The highest BCUT2D eigenvalue weighted by molar-refractivity contribution is 5.67. The molecule has 1 amide bonds. The van der Waals surface area contributed by atoms with E-state index in [1.807, 2.05) is 30.3 Å². The van der Waals surface area contributed by atoms with Gasteiger partial charge in [0.2, 0.25) is 0 Å². The molecule has 0 saturated heterocycles. The molecule has 1 heterocycles. The Balaban J connectivity index is 1.65. The standard InChI is InChI=1S/C18H18N2O3/c21-13-16-9-10-17(20-12-16)8-4-5-11-19-18(22)23-14-15-6-2-1-3-7-15/h1-3,6-7,9-10,12,21H,5,11,13-14H2,(H,19,22). The Morgan fingerprint density at radius 3 is 2.70 bits per heavy atom. The predicted molar refractivity (Wildman–Crippen MR) is 86.3 cm³/mol. The van der Waals surface area contributed by atoms with Crippen LogP contribution in [0.1, 0.15) is 23.2 Å². The molecule has 23 heavy (non-hydrogen) atoms. The van der Waals surface area contributed by atoms with Gasteiger partial charge in [-0.15, -0.1) is 0 Å². The first kappa shape index (κ1) is 16.5. The zero-order valence-corrected chi connectivity index (χ0v) is 12.7. The fourth-order valence-corrected chi connectivity index (χ4v) is 1.75. The normalized spacial score (nSPS) is 9.61. The third kappa shape index (κ3) is 6.20. The Bertz CT molecular complexity index is 673. The zero-order valence-electron chi connectivity index (χ0n) is 12.7. The molecular weight excluding hydrogens is 292 g/mol.